The Bertz CT molecular complexity index is 843. The van der Waals surface area contributed by atoms with Gasteiger partial charge < -0.3 is 4.90 Å². The van der Waals surface area contributed by atoms with Gasteiger partial charge in [0.2, 0.25) is 5.91 Å². The smallest absolute Gasteiger partial charge is 0.233 e. The van der Waals surface area contributed by atoms with Crippen molar-refractivity contribution in [3.63, 3.8) is 0 Å². The second-order valence-corrected chi connectivity index (χ2v) is 7.24. The average Bonchev–Trinajstić information content (AvgIpc) is 2.67. The van der Waals surface area contributed by atoms with Gasteiger partial charge in [0.15, 0.2) is 5.16 Å². The number of hydrogen-bond acceptors (Lipinski definition) is 5. The number of rotatable bonds is 6. The summed E-state index contributed by atoms with van der Waals surface area (Å²) in [6.07, 6.45) is 1.75. The van der Waals surface area contributed by atoms with Gasteiger partial charge in [-0.15, -0.1) is 0 Å². The van der Waals surface area contributed by atoms with Crippen LogP contribution in [0.25, 0.3) is 0 Å². The quantitative estimate of drug-likeness (QED) is 0.482. The van der Waals surface area contributed by atoms with Crippen molar-refractivity contribution in [2.24, 2.45) is 0 Å². The third-order valence-electron chi connectivity index (χ3n) is 4.15. The molecule has 1 amide bonds. The Morgan fingerprint density at radius 3 is 2.33 bits per heavy atom. The lowest BCUT2D eigenvalue weighted by Gasteiger charge is -2.28. The summed E-state index contributed by atoms with van der Waals surface area (Å²) in [4.78, 5) is 27.9. The molecule has 3 rings (SSSR count). The number of carbonyl (C=O) groups is 1. The van der Waals surface area contributed by atoms with Gasteiger partial charge in [-0.1, -0.05) is 48.2 Å². The van der Waals surface area contributed by atoms with E-state index in [4.69, 9.17) is 0 Å². The fraction of sp³-hybridized carbons (Fsp3) is 0.238. The molecular weight excluding hydrogens is 356 g/mol. The Balaban J connectivity index is 1.79. The molecule has 1 unspecified atom stereocenters. The number of hydrogen-bond donors (Lipinski definition) is 0. The number of thioether (sulfide) groups is 1. The van der Waals surface area contributed by atoms with Gasteiger partial charge in [0.25, 0.3) is 0 Å². The summed E-state index contributed by atoms with van der Waals surface area (Å²) in [5, 5.41) is 0.628. The number of aryl methyl sites for hydroxylation is 2. The molecule has 0 aliphatic heterocycles. The van der Waals surface area contributed by atoms with Crippen LogP contribution in [0.3, 0.4) is 0 Å². The summed E-state index contributed by atoms with van der Waals surface area (Å²) in [5.41, 5.74) is 3.68. The first kappa shape index (κ1) is 19.0. The van der Waals surface area contributed by atoms with Crippen molar-refractivity contribution >= 4 is 17.7 Å². The maximum Gasteiger partial charge on any atom is 0.233 e. The first-order valence-electron chi connectivity index (χ1n) is 8.71. The van der Waals surface area contributed by atoms with Crippen LogP contribution in [0.1, 0.15) is 28.7 Å². The second kappa shape index (κ2) is 8.77. The zero-order valence-electron chi connectivity index (χ0n) is 15.7. The van der Waals surface area contributed by atoms with Crippen LogP contribution in [0.4, 0.5) is 0 Å². The van der Waals surface area contributed by atoms with E-state index in [0.29, 0.717) is 5.16 Å². The van der Waals surface area contributed by atoms with Crippen molar-refractivity contribution in [2.45, 2.75) is 25.0 Å². The normalized spacial score (nSPS) is 11.8. The van der Waals surface area contributed by atoms with Gasteiger partial charge in [-0.25, -0.2) is 9.97 Å². The minimum absolute atomic E-state index is 0.00210. The minimum Gasteiger partial charge on any atom is -0.332 e. The number of benzene rings is 1. The maximum atomic E-state index is 12.9. The fourth-order valence-electron chi connectivity index (χ4n) is 2.90. The van der Waals surface area contributed by atoms with E-state index in [2.05, 4.69) is 15.0 Å². The van der Waals surface area contributed by atoms with Crippen LogP contribution in [-0.2, 0) is 4.79 Å². The van der Waals surface area contributed by atoms with E-state index in [1.54, 1.807) is 11.1 Å². The van der Waals surface area contributed by atoms with Gasteiger partial charge in [0, 0.05) is 24.6 Å². The van der Waals surface area contributed by atoms with Crippen molar-refractivity contribution in [2.75, 3.05) is 12.8 Å². The van der Waals surface area contributed by atoms with E-state index in [1.807, 2.05) is 75.5 Å². The third kappa shape index (κ3) is 4.92. The van der Waals surface area contributed by atoms with Crippen LogP contribution in [-0.4, -0.2) is 38.6 Å². The molecule has 0 spiro atoms. The maximum absolute atomic E-state index is 12.9. The lowest BCUT2D eigenvalue weighted by Crippen LogP contribution is -2.33. The van der Waals surface area contributed by atoms with E-state index in [1.165, 1.54) is 11.8 Å². The molecule has 0 fully saturated rings. The molecular formula is C21H22N4OS. The number of pyridine rings is 1. The molecule has 0 aliphatic carbocycles. The topological polar surface area (TPSA) is 59.0 Å². The average molecular weight is 379 g/mol. The minimum atomic E-state index is -0.235. The molecule has 2 aromatic heterocycles. The van der Waals surface area contributed by atoms with Crippen LogP contribution in [0.5, 0.6) is 0 Å². The van der Waals surface area contributed by atoms with Crippen LogP contribution >= 0.6 is 11.8 Å². The zero-order chi connectivity index (χ0) is 19.2. The largest absolute Gasteiger partial charge is 0.332 e. The molecule has 5 nitrogen and oxygen atoms in total. The van der Waals surface area contributed by atoms with Crippen LogP contribution in [0.2, 0.25) is 0 Å². The van der Waals surface area contributed by atoms with Crippen molar-refractivity contribution < 1.29 is 4.79 Å². The molecule has 0 N–H and O–H groups in total. The monoisotopic (exact) mass is 378 g/mol. The highest BCUT2D eigenvalue weighted by molar-refractivity contribution is 7.99. The van der Waals surface area contributed by atoms with Crippen molar-refractivity contribution in [1.82, 2.24) is 19.9 Å². The standard InChI is InChI=1S/C21H22N4OS/c1-15-13-16(2)24-21(23-15)27-14-19(26)25(3)20(17-9-5-4-6-10-17)18-11-7-8-12-22-18/h4-13,20H,14H2,1-3H3. The molecule has 0 bridgehead atoms. The van der Waals surface area contributed by atoms with Crippen LogP contribution < -0.4 is 0 Å². The number of amides is 1. The Morgan fingerprint density at radius 2 is 1.70 bits per heavy atom. The number of carbonyl (C=O) groups excluding carboxylic acids is 1. The molecule has 0 saturated heterocycles. The van der Waals surface area contributed by atoms with Crippen LogP contribution in [0, 0.1) is 13.8 Å². The Kier molecular flexibility index (Phi) is 6.19. The van der Waals surface area contributed by atoms with Gasteiger partial charge >= 0.3 is 0 Å². The van der Waals surface area contributed by atoms with E-state index in [0.717, 1.165) is 22.6 Å². The van der Waals surface area contributed by atoms with Crippen molar-refractivity contribution in [1.29, 1.82) is 0 Å². The molecule has 3 aromatic rings. The molecule has 1 aromatic carbocycles. The first-order valence-corrected chi connectivity index (χ1v) is 9.70. The fourth-order valence-corrected chi connectivity index (χ4v) is 3.77. The first-order chi connectivity index (χ1) is 13.0. The third-order valence-corrected chi connectivity index (χ3v) is 4.98. The molecule has 0 saturated carbocycles. The molecule has 0 aliphatic rings. The molecule has 138 valence electrons. The lowest BCUT2D eigenvalue weighted by molar-refractivity contribution is -0.128. The van der Waals surface area contributed by atoms with Gasteiger partial charge in [-0.3, -0.25) is 9.78 Å². The van der Waals surface area contributed by atoms with E-state index < -0.39 is 0 Å². The van der Waals surface area contributed by atoms with E-state index in [9.17, 15) is 4.79 Å². The zero-order valence-corrected chi connectivity index (χ0v) is 16.5. The van der Waals surface area contributed by atoms with Gasteiger partial charge in [0.05, 0.1) is 17.5 Å². The Labute approximate surface area is 163 Å². The second-order valence-electron chi connectivity index (χ2n) is 6.29. The van der Waals surface area contributed by atoms with Gasteiger partial charge in [-0.2, -0.15) is 0 Å². The molecule has 27 heavy (non-hydrogen) atoms. The van der Waals surface area contributed by atoms with Crippen molar-refractivity contribution in [3.8, 4) is 0 Å². The summed E-state index contributed by atoms with van der Waals surface area (Å²) in [7, 11) is 1.82. The highest BCUT2D eigenvalue weighted by atomic mass is 32.2. The highest BCUT2D eigenvalue weighted by Crippen LogP contribution is 2.27. The predicted molar refractivity (Wildman–Crippen MR) is 108 cm³/mol. The van der Waals surface area contributed by atoms with Crippen molar-refractivity contribution in [3.05, 3.63) is 83.4 Å². The Hall–Kier alpha value is -2.73. The predicted octanol–water partition coefficient (Wildman–Crippen LogP) is 3.83. The SMILES string of the molecule is Cc1cc(C)nc(SCC(=O)N(C)C(c2ccccc2)c2ccccn2)n1. The summed E-state index contributed by atoms with van der Waals surface area (Å²) in [5.74, 6) is 0.275. The summed E-state index contributed by atoms with van der Waals surface area (Å²) in [6.45, 7) is 3.86. The van der Waals surface area contributed by atoms with E-state index in [-0.39, 0.29) is 17.7 Å². The van der Waals surface area contributed by atoms with E-state index >= 15 is 0 Å². The highest BCUT2D eigenvalue weighted by Gasteiger charge is 2.24. The summed E-state index contributed by atoms with van der Waals surface area (Å²) >= 11 is 1.36. The number of aromatic nitrogens is 3. The lowest BCUT2D eigenvalue weighted by atomic mass is 10.0. The molecule has 2 heterocycles. The number of nitrogens with zero attached hydrogens (tertiary/aromatic N) is 4. The summed E-state index contributed by atoms with van der Waals surface area (Å²) < 4.78 is 0. The summed E-state index contributed by atoms with van der Waals surface area (Å²) in [6, 6.07) is 17.4. The molecule has 0 radical (unpaired) electrons. The molecule has 6 heteroatoms. The van der Waals surface area contributed by atoms with Gasteiger partial charge in [0.1, 0.15) is 0 Å². The molecule has 1 atom stereocenters. The van der Waals surface area contributed by atoms with Crippen LogP contribution in [0.15, 0.2) is 66.0 Å². The Morgan fingerprint density at radius 1 is 1.04 bits per heavy atom. The van der Waals surface area contributed by atoms with Gasteiger partial charge in [-0.05, 0) is 37.6 Å².